The highest BCUT2D eigenvalue weighted by Gasteiger charge is 1.90. The van der Waals surface area contributed by atoms with E-state index in [0.717, 1.165) is 25.7 Å². The zero-order chi connectivity index (χ0) is 16.1. The van der Waals surface area contributed by atoms with Gasteiger partial charge in [0.15, 0.2) is 0 Å². The highest BCUT2D eigenvalue weighted by atomic mass is 16.3. The van der Waals surface area contributed by atoms with Crippen molar-refractivity contribution in [3.8, 4) is 0 Å². The van der Waals surface area contributed by atoms with Crippen LogP contribution in [-0.4, -0.2) is 35.1 Å². The van der Waals surface area contributed by atoms with Gasteiger partial charge in [-0.25, -0.2) is 0 Å². The molecule has 0 saturated heterocycles. The standard InChI is InChI=1S/C7H16O.2C5H12O/c1-2-3-4-5-6-7-8;1-3-5(2)4-6;1-2-3-4-5-6/h8H,2-7H2,1H3;5-6H,3-4H2,1-2H3;6H,2-5H2,1H3. The molecular formula is C17H40O3. The Morgan fingerprint density at radius 1 is 0.650 bits per heavy atom. The molecule has 20 heavy (non-hydrogen) atoms. The maximum absolute atomic E-state index is 8.37. The van der Waals surface area contributed by atoms with Crippen molar-refractivity contribution < 1.29 is 15.3 Å². The number of aliphatic hydroxyl groups excluding tert-OH is 3. The van der Waals surface area contributed by atoms with Crippen LogP contribution in [0, 0.1) is 5.92 Å². The van der Waals surface area contributed by atoms with E-state index in [4.69, 9.17) is 15.3 Å². The van der Waals surface area contributed by atoms with Gasteiger partial charge in [-0.2, -0.15) is 0 Å². The van der Waals surface area contributed by atoms with Gasteiger partial charge in [0.1, 0.15) is 0 Å². The van der Waals surface area contributed by atoms with E-state index >= 15 is 0 Å². The van der Waals surface area contributed by atoms with Gasteiger partial charge in [0.05, 0.1) is 0 Å². The van der Waals surface area contributed by atoms with Gasteiger partial charge in [0, 0.05) is 19.8 Å². The molecule has 1 unspecified atom stereocenters. The Morgan fingerprint density at radius 2 is 1.05 bits per heavy atom. The first-order valence-electron chi connectivity index (χ1n) is 8.46. The largest absolute Gasteiger partial charge is 0.396 e. The van der Waals surface area contributed by atoms with Crippen molar-refractivity contribution in [3.05, 3.63) is 0 Å². The molecule has 3 nitrogen and oxygen atoms in total. The summed E-state index contributed by atoms with van der Waals surface area (Å²) in [6.45, 7) is 9.46. The highest BCUT2D eigenvalue weighted by Crippen LogP contribution is 2.00. The molecule has 0 aliphatic carbocycles. The van der Waals surface area contributed by atoms with E-state index in [1.54, 1.807) is 0 Å². The monoisotopic (exact) mass is 292 g/mol. The SMILES string of the molecule is CCC(C)CO.CCCCCCCO.CCCCCO. The van der Waals surface area contributed by atoms with Crippen LogP contribution in [0.15, 0.2) is 0 Å². The Kier molecular flexibility index (Phi) is 33.9. The summed E-state index contributed by atoms with van der Waals surface area (Å²) in [5.74, 6) is 0.491. The first-order valence-corrected chi connectivity index (χ1v) is 8.46. The fraction of sp³-hybridized carbons (Fsp3) is 1.00. The number of hydrogen-bond donors (Lipinski definition) is 3. The number of unbranched alkanes of at least 4 members (excludes halogenated alkanes) is 6. The summed E-state index contributed by atoms with van der Waals surface area (Å²) in [7, 11) is 0. The van der Waals surface area contributed by atoms with Crippen molar-refractivity contribution in [1.29, 1.82) is 0 Å². The lowest BCUT2D eigenvalue weighted by molar-refractivity contribution is 0.234. The van der Waals surface area contributed by atoms with Crippen LogP contribution in [0.25, 0.3) is 0 Å². The summed E-state index contributed by atoms with van der Waals surface area (Å²) in [5.41, 5.74) is 0. The zero-order valence-corrected chi connectivity index (χ0v) is 14.4. The van der Waals surface area contributed by atoms with E-state index in [2.05, 4.69) is 20.8 Å². The summed E-state index contributed by atoms with van der Waals surface area (Å²) in [6.07, 6.45) is 10.5. The smallest absolute Gasteiger partial charge is 0.0456 e. The van der Waals surface area contributed by atoms with Gasteiger partial charge in [-0.15, -0.1) is 0 Å². The van der Waals surface area contributed by atoms with Crippen LogP contribution in [-0.2, 0) is 0 Å². The maximum Gasteiger partial charge on any atom is 0.0456 e. The van der Waals surface area contributed by atoms with Gasteiger partial charge < -0.3 is 15.3 Å². The first-order chi connectivity index (χ1) is 9.64. The third-order valence-corrected chi connectivity index (χ3v) is 3.03. The minimum Gasteiger partial charge on any atom is -0.396 e. The van der Waals surface area contributed by atoms with Crippen LogP contribution in [0.3, 0.4) is 0 Å². The molecule has 0 fully saturated rings. The molecule has 0 amide bonds. The van der Waals surface area contributed by atoms with Crippen LogP contribution in [0.4, 0.5) is 0 Å². The van der Waals surface area contributed by atoms with Gasteiger partial charge >= 0.3 is 0 Å². The fourth-order valence-corrected chi connectivity index (χ4v) is 1.21. The molecular weight excluding hydrogens is 252 g/mol. The Bertz CT molecular complexity index is 115. The number of aliphatic hydroxyl groups is 3. The van der Waals surface area contributed by atoms with Crippen LogP contribution >= 0.6 is 0 Å². The molecule has 0 saturated carbocycles. The van der Waals surface area contributed by atoms with Crippen LogP contribution in [0.2, 0.25) is 0 Å². The molecule has 0 rings (SSSR count). The van der Waals surface area contributed by atoms with Gasteiger partial charge in [-0.1, -0.05) is 72.6 Å². The number of hydrogen-bond acceptors (Lipinski definition) is 3. The normalized spacial score (nSPS) is 10.9. The quantitative estimate of drug-likeness (QED) is 0.530. The van der Waals surface area contributed by atoms with Crippen molar-refractivity contribution in [1.82, 2.24) is 0 Å². The Morgan fingerprint density at radius 3 is 1.30 bits per heavy atom. The molecule has 0 aromatic rings. The van der Waals surface area contributed by atoms with E-state index in [1.807, 2.05) is 6.92 Å². The van der Waals surface area contributed by atoms with Crippen LogP contribution in [0.5, 0.6) is 0 Å². The molecule has 0 aliphatic rings. The minimum absolute atomic E-state index is 0.330. The lowest BCUT2D eigenvalue weighted by Crippen LogP contribution is -1.96. The van der Waals surface area contributed by atoms with E-state index in [9.17, 15) is 0 Å². The van der Waals surface area contributed by atoms with Crippen molar-refractivity contribution in [2.75, 3.05) is 19.8 Å². The average Bonchev–Trinajstić information content (AvgIpc) is 2.50. The second-order valence-corrected chi connectivity index (χ2v) is 5.26. The molecule has 126 valence electrons. The summed E-state index contributed by atoms with van der Waals surface area (Å²) >= 11 is 0. The predicted octanol–water partition coefficient (Wildman–Crippen LogP) is 4.14. The lowest BCUT2D eigenvalue weighted by atomic mass is 10.1. The van der Waals surface area contributed by atoms with Crippen molar-refractivity contribution in [2.24, 2.45) is 5.92 Å². The van der Waals surface area contributed by atoms with Crippen molar-refractivity contribution in [3.63, 3.8) is 0 Å². The third-order valence-electron chi connectivity index (χ3n) is 3.03. The van der Waals surface area contributed by atoms with E-state index in [-0.39, 0.29) is 0 Å². The van der Waals surface area contributed by atoms with E-state index < -0.39 is 0 Å². The van der Waals surface area contributed by atoms with Gasteiger partial charge in [0.2, 0.25) is 0 Å². The molecule has 0 bridgehead atoms. The van der Waals surface area contributed by atoms with Crippen LogP contribution in [0.1, 0.15) is 85.5 Å². The molecule has 0 aromatic carbocycles. The first kappa shape index (κ1) is 24.9. The summed E-state index contributed by atoms with van der Waals surface area (Å²) < 4.78 is 0. The topological polar surface area (TPSA) is 60.7 Å². The summed E-state index contributed by atoms with van der Waals surface area (Å²) in [5, 5.41) is 24.9. The molecule has 1 atom stereocenters. The van der Waals surface area contributed by atoms with Crippen LogP contribution < -0.4 is 0 Å². The summed E-state index contributed by atoms with van der Waals surface area (Å²) in [4.78, 5) is 0. The molecule has 0 heterocycles. The van der Waals surface area contributed by atoms with Crippen molar-refractivity contribution >= 4 is 0 Å². The highest BCUT2D eigenvalue weighted by molar-refractivity contribution is 4.41. The fourth-order valence-electron chi connectivity index (χ4n) is 1.21. The molecule has 0 spiro atoms. The second-order valence-electron chi connectivity index (χ2n) is 5.26. The Balaban J connectivity index is -0.000000221. The molecule has 3 heteroatoms. The third kappa shape index (κ3) is 36.1. The number of rotatable bonds is 10. The molecule has 3 N–H and O–H groups in total. The second kappa shape index (κ2) is 27.3. The van der Waals surface area contributed by atoms with Gasteiger partial charge in [-0.3, -0.25) is 0 Å². The molecule has 0 radical (unpaired) electrons. The van der Waals surface area contributed by atoms with E-state index in [0.29, 0.717) is 25.7 Å². The van der Waals surface area contributed by atoms with Gasteiger partial charge in [0.25, 0.3) is 0 Å². The maximum atomic E-state index is 8.37. The minimum atomic E-state index is 0.330. The Hall–Kier alpha value is -0.120. The molecule has 0 aliphatic heterocycles. The van der Waals surface area contributed by atoms with Gasteiger partial charge in [-0.05, 0) is 18.8 Å². The van der Waals surface area contributed by atoms with E-state index in [1.165, 1.54) is 32.1 Å². The Labute approximate surface area is 127 Å². The predicted molar refractivity (Wildman–Crippen MR) is 89.0 cm³/mol. The summed E-state index contributed by atoms with van der Waals surface area (Å²) in [6, 6.07) is 0. The van der Waals surface area contributed by atoms with Crippen molar-refractivity contribution in [2.45, 2.75) is 85.5 Å². The lowest BCUT2D eigenvalue weighted by Gasteiger charge is -1.98. The molecule has 0 aromatic heterocycles. The zero-order valence-electron chi connectivity index (χ0n) is 14.4. The average molecular weight is 293 g/mol.